The predicted octanol–water partition coefficient (Wildman–Crippen LogP) is 1.22. The van der Waals surface area contributed by atoms with E-state index in [1.165, 1.54) is 9.58 Å². The molecule has 4 amide bonds. The van der Waals surface area contributed by atoms with Gasteiger partial charge in [-0.3, -0.25) is 24.5 Å². The molecule has 0 saturated carbocycles. The fourth-order valence-corrected chi connectivity index (χ4v) is 4.34. The SMILES string of the molecule is N#Cc1ccccc1-c1cn(CC(=O)Nc2cccc3c2CN(C2CCC(=O)NC2=O)C3=O)nn1. The van der Waals surface area contributed by atoms with Crippen LogP contribution in [0.25, 0.3) is 11.3 Å². The van der Waals surface area contributed by atoms with Gasteiger partial charge in [-0.05, 0) is 24.6 Å². The molecule has 2 N–H and O–H groups in total. The molecule has 3 heterocycles. The number of imide groups is 1. The number of aromatic nitrogens is 3. The maximum atomic E-state index is 12.9. The number of benzene rings is 2. The number of hydrogen-bond acceptors (Lipinski definition) is 7. The van der Waals surface area contributed by atoms with Gasteiger partial charge in [0, 0.05) is 35.3 Å². The van der Waals surface area contributed by atoms with E-state index in [1.807, 2.05) is 0 Å². The van der Waals surface area contributed by atoms with Gasteiger partial charge >= 0.3 is 0 Å². The van der Waals surface area contributed by atoms with Crippen LogP contribution < -0.4 is 10.6 Å². The second kappa shape index (κ2) is 8.83. The van der Waals surface area contributed by atoms with Gasteiger partial charge < -0.3 is 10.2 Å². The molecule has 2 aromatic carbocycles. The van der Waals surface area contributed by atoms with Crippen molar-refractivity contribution in [2.45, 2.75) is 32.0 Å². The van der Waals surface area contributed by atoms with Gasteiger partial charge in [-0.2, -0.15) is 5.26 Å². The highest BCUT2D eigenvalue weighted by atomic mass is 16.2. The number of anilines is 1. The topological polar surface area (TPSA) is 150 Å². The number of piperidine rings is 1. The molecule has 0 radical (unpaired) electrons. The largest absolute Gasteiger partial charge is 0.324 e. The number of carbonyl (C=O) groups is 4. The fourth-order valence-electron chi connectivity index (χ4n) is 4.34. The standard InChI is InChI=1S/C24H19N7O4/c25-10-14-4-1-2-5-15(14)19-12-30(29-28-19)13-22(33)26-18-7-3-6-16-17(18)11-31(24(16)35)20-8-9-21(32)27-23(20)34/h1-7,12,20H,8-9,11,13H2,(H,26,33)(H,27,32,34). The Morgan fingerprint density at radius 3 is 2.74 bits per heavy atom. The number of rotatable bonds is 5. The van der Waals surface area contributed by atoms with Crippen molar-refractivity contribution in [1.82, 2.24) is 25.2 Å². The van der Waals surface area contributed by atoms with Crippen LogP contribution in [0.1, 0.15) is 34.3 Å². The minimum atomic E-state index is -0.735. The van der Waals surface area contributed by atoms with Crippen LogP contribution in [-0.4, -0.2) is 49.6 Å². The van der Waals surface area contributed by atoms with Crippen LogP contribution in [0.2, 0.25) is 0 Å². The van der Waals surface area contributed by atoms with E-state index >= 15 is 0 Å². The molecule has 0 bridgehead atoms. The lowest BCUT2D eigenvalue weighted by molar-refractivity contribution is -0.137. The summed E-state index contributed by atoms with van der Waals surface area (Å²) in [4.78, 5) is 50.9. The Labute approximate surface area is 199 Å². The summed E-state index contributed by atoms with van der Waals surface area (Å²) in [6.07, 6.45) is 2.01. The molecule has 174 valence electrons. The summed E-state index contributed by atoms with van der Waals surface area (Å²) in [5.74, 6) is -1.54. The molecular formula is C24H19N7O4. The summed E-state index contributed by atoms with van der Waals surface area (Å²) in [6.45, 7) is 0.0194. The molecule has 11 heteroatoms. The van der Waals surface area contributed by atoms with E-state index in [0.717, 1.165) is 0 Å². The Bertz CT molecular complexity index is 1420. The minimum absolute atomic E-state index is 0.129. The Morgan fingerprint density at radius 2 is 1.94 bits per heavy atom. The van der Waals surface area contributed by atoms with Gasteiger partial charge in [-0.25, -0.2) is 4.68 Å². The molecule has 11 nitrogen and oxygen atoms in total. The van der Waals surface area contributed by atoms with Crippen molar-refractivity contribution in [2.75, 3.05) is 5.32 Å². The molecule has 1 atom stereocenters. The molecule has 1 fully saturated rings. The van der Waals surface area contributed by atoms with Crippen molar-refractivity contribution >= 4 is 29.3 Å². The Morgan fingerprint density at radius 1 is 1.14 bits per heavy atom. The second-order valence-electron chi connectivity index (χ2n) is 8.24. The van der Waals surface area contributed by atoms with Gasteiger partial charge in [0.2, 0.25) is 17.7 Å². The smallest absolute Gasteiger partial charge is 0.255 e. The van der Waals surface area contributed by atoms with E-state index in [0.29, 0.717) is 33.6 Å². The number of amides is 4. The maximum Gasteiger partial charge on any atom is 0.255 e. The molecule has 1 unspecified atom stereocenters. The first kappa shape index (κ1) is 22.0. The van der Waals surface area contributed by atoms with Gasteiger partial charge in [-0.15, -0.1) is 5.10 Å². The third-order valence-corrected chi connectivity index (χ3v) is 6.02. The van der Waals surface area contributed by atoms with Crippen molar-refractivity contribution in [1.29, 1.82) is 5.26 Å². The third-order valence-electron chi connectivity index (χ3n) is 6.02. The van der Waals surface area contributed by atoms with Crippen LogP contribution in [0.5, 0.6) is 0 Å². The van der Waals surface area contributed by atoms with Crippen molar-refractivity contribution in [3.63, 3.8) is 0 Å². The third kappa shape index (κ3) is 4.13. The first-order valence-corrected chi connectivity index (χ1v) is 10.9. The van der Waals surface area contributed by atoms with Crippen LogP contribution in [-0.2, 0) is 27.5 Å². The minimum Gasteiger partial charge on any atom is -0.324 e. The fraction of sp³-hybridized carbons (Fsp3) is 0.208. The van der Waals surface area contributed by atoms with Crippen LogP contribution >= 0.6 is 0 Å². The summed E-state index contributed by atoms with van der Waals surface area (Å²) in [6, 6.07) is 13.3. The van der Waals surface area contributed by atoms with E-state index in [4.69, 9.17) is 0 Å². The van der Waals surface area contributed by atoms with Gasteiger partial charge in [0.15, 0.2) is 0 Å². The average molecular weight is 469 g/mol. The zero-order valence-corrected chi connectivity index (χ0v) is 18.4. The first-order chi connectivity index (χ1) is 16.9. The zero-order chi connectivity index (χ0) is 24.5. The van der Waals surface area contributed by atoms with Crippen LogP contribution in [0, 0.1) is 11.3 Å². The maximum absolute atomic E-state index is 12.9. The highest BCUT2D eigenvalue weighted by Crippen LogP contribution is 2.32. The zero-order valence-electron chi connectivity index (χ0n) is 18.4. The summed E-state index contributed by atoms with van der Waals surface area (Å²) in [5.41, 5.74) is 3.02. The van der Waals surface area contributed by atoms with Crippen molar-refractivity contribution in [3.8, 4) is 17.3 Å². The van der Waals surface area contributed by atoms with Gasteiger partial charge in [0.05, 0.1) is 17.8 Å². The molecule has 0 aliphatic carbocycles. The second-order valence-corrected chi connectivity index (χ2v) is 8.24. The number of carbonyl (C=O) groups excluding carboxylic acids is 4. The molecular weight excluding hydrogens is 450 g/mol. The van der Waals surface area contributed by atoms with E-state index < -0.39 is 11.9 Å². The van der Waals surface area contributed by atoms with Crippen molar-refractivity contribution in [2.24, 2.45) is 0 Å². The van der Waals surface area contributed by atoms with E-state index in [1.54, 1.807) is 48.7 Å². The normalized spacial score (nSPS) is 17.1. The molecule has 35 heavy (non-hydrogen) atoms. The highest BCUT2D eigenvalue weighted by Gasteiger charge is 2.39. The predicted molar refractivity (Wildman–Crippen MR) is 121 cm³/mol. The van der Waals surface area contributed by atoms with Crippen LogP contribution in [0.15, 0.2) is 48.7 Å². The Balaban J connectivity index is 1.30. The number of nitriles is 1. The van der Waals surface area contributed by atoms with Gasteiger partial charge in [-0.1, -0.05) is 29.5 Å². The molecule has 3 aromatic rings. The van der Waals surface area contributed by atoms with Gasteiger partial charge in [0.1, 0.15) is 18.3 Å². The first-order valence-electron chi connectivity index (χ1n) is 10.9. The lowest BCUT2D eigenvalue weighted by atomic mass is 10.0. The van der Waals surface area contributed by atoms with Crippen LogP contribution in [0.3, 0.4) is 0 Å². The number of nitrogens with zero attached hydrogens (tertiary/aromatic N) is 5. The average Bonchev–Trinajstić information content (AvgIpc) is 3.44. The summed E-state index contributed by atoms with van der Waals surface area (Å²) >= 11 is 0. The Kier molecular flexibility index (Phi) is 5.54. The monoisotopic (exact) mass is 469 g/mol. The quantitative estimate of drug-likeness (QED) is 0.533. The highest BCUT2D eigenvalue weighted by molar-refractivity contribution is 6.06. The summed E-state index contributed by atoms with van der Waals surface area (Å²) < 4.78 is 1.36. The van der Waals surface area contributed by atoms with E-state index in [-0.39, 0.29) is 43.7 Å². The number of nitrogens with one attached hydrogen (secondary N) is 2. The molecule has 2 aliphatic rings. The molecule has 1 saturated heterocycles. The summed E-state index contributed by atoms with van der Waals surface area (Å²) in [5, 5.41) is 22.4. The number of fused-ring (bicyclic) bond motifs is 1. The molecule has 0 spiro atoms. The lowest BCUT2D eigenvalue weighted by Gasteiger charge is -2.29. The van der Waals surface area contributed by atoms with E-state index in [2.05, 4.69) is 27.0 Å². The summed E-state index contributed by atoms with van der Waals surface area (Å²) in [7, 11) is 0. The van der Waals surface area contributed by atoms with Crippen LogP contribution in [0.4, 0.5) is 5.69 Å². The molecule has 1 aromatic heterocycles. The number of hydrogen-bond donors (Lipinski definition) is 2. The van der Waals surface area contributed by atoms with E-state index in [9.17, 15) is 24.4 Å². The molecule has 2 aliphatic heterocycles. The molecule has 5 rings (SSSR count). The van der Waals surface area contributed by atoms with Crippen molar-refractivity contribution < 1.29 is 19.2 Å². The Hall–Kier alpha value is -4.85. The lowest BCUT2D eigenvalue weighted by Crippen LogP contribution is -2.52. The van der Waals surface area contributed by atoms with Crippen molar-refractivity contribution in [3.05, 3.63) is 65.4 Å². The van der Waals surface area contributed by atoms with Gasteiger partial charge in [0.25, 0.3) is 5.91 Å².